The largest absolute Gasteiger partial charge is 0.379 e. The number of amides is 3. The van der Waals surface area contributed by atoms with Gasteiger partial charge in [-0.25, -0.2) is 0 Å². The number of nitrogens with zero attached hydrogens (tertiary/aromatic N) is 1. The zero-order valence-corrected chi connectivity index (χ0v) is 17.0. The van der Waals surface area contributed by atoms with Crippen molar-refractivity contribution in [1.29, 1.82) is 0 Å². The van der Waals surface area contributed by atoms with E-state index in [2.05, 4.69) is 18.5 Å². The van der Waals surface area contributed by atoms with Crippen LogP contribution in [0.25, 0.3) is 0 Å². The van der Waals surface area contributed by atoms with Crippen LogP contribution in [0.2, 0.25) is 0 Å². The Hall–Kier alpha value is -1.89. The molecular formula is C19H37N3O4. The molecule has 0 bridgehead atoms. The highest BCUT2D eigenvalue weighted by molar-refractivity contribution is 5.90. The number of methoxy groups -OCH3 is 1. The number of hydrogen-bond donors (Lipinski definition) is 2. The van der Waals surface area contributed by atoms with Gasteiger partial charge in [-0.1, -0.05) is 19.8 Å². The van der Waals surface area contributed by atoms with E-state index in [0.717, 1.165) is 19.3 Å². The van der Waals surface area contributed by atoms with Crippen LogP contribution in [0.5, 0.6) is 0 Å². The maximum absolute atomic E-state index is 12.3. The molecule has 0 aromatic rings. The van der Waals surface area contributed by atoms with Crippen molar-refractivity contribution in [1.82, 2.24) is 10.2 Å². The molecule has 0 aromatic heterocycles. The van der Waals surface area contributed by atoms with Crippen molar-refractivity contribution in [3.05, 3.63) is 13.2 Å². The predicted molar refractivity (Wildman–Crippen MR) is 104 cm³/mol. The second-order valence-corrected chi connectivity index (χ2v) is 6.89. The number of likely N-dealkylation sites (tertiary alicyclic amines) is 1. The molecule has 2 atom stereocenters. The highest BCUT2D eigenvalue weighted by Gasteiger charge is 2.35. The van der Waals surface area contributed by atoms with Gasteiger partial charge in [0, 0.05) is 13.7 Å². The Morgan fingerprint density at radius 3 is 2.31 bits per heavy atom. The topological polar surface area (TPSA) is 102 Å². The first-order valence-electron chi connectivity index (χ1n) is 9.02. The van der Waals surface area contributed by atoms with E-state index in [0.29, 0.717) is 25.8 Å². The summed E-state index contributed by atoms with van der Waals surface area (Å²) < 4.78 is 4.94. The summed E-state index contributed by atoms with van der Waals surface area (Å²) in [4.78, 5) is 35.5. The van der Waals surface area contributed by atoms with Crippen molar-refractivity contribution in [2.24, 2.45) is 5.73 Å². The van der Waals surface area contributed by atoms with Crippen molar-refractivity contribution >= 4 is 18.2 Å². The molecule has 1 fully saturated rings. The summed E-state index contributed by atoms with van der Waals surface area (Å²) in [6, 6.07) is -1.06. The maximum Gasteiger partial charge on any atom is 0.245 e. The smallest absolute Gasteiger partial charge is 0.245 e. The molecule has 0 saturated carbocycles. The number of primary amides is 1. The van der Waals surface area contributed by atoms with Gasteiger partial charge in [-0.05, 0) is 40.0 Å². The SMILES string of the molecule is C=C.CCCC[C@H](NC=O)C(=O)N1CCC[C@H]1C(N)=O.COC(C)(C)C. The molecule has 152 valence electrons. The van der Waals surface area contributed by atoms with Gasteiger partial charge in [0.2, 0.25) is 18.2 Å². The van der Waals surface area contributed by atoms with Gasteiger partial charge in [0.15, 0.2) is 0 Å². The van der Waals surface area contributed by atoms with Crippen molar-refractivity contribution < 1.29 is 19.1 Å². The molecule has 0 unspecified atom stereocenters. The highest BCUT2D eigenvalue weighted by Crippen LogP contribution is 2.19. The molecule has 3 amide bonds. The van der Waals surface area contributed by atoms with Crippen LogP contribution in [0, 0.1) is 0 Å². The van der Waals surface area contributed by atoms with E-state index in [1.807, 2.05) is 27.7 Å². The first-order valence-corrected chi connectivity index (χ1v) is 9.02. The van der Waals surface area contributed by atoms with E-state index >= 15 is 0 Å². The van der Waals surface area contributed by atoms with E-state index < -0.39 is 18.0 Å². The lowest BCUT2D eigenvalue weighted by molar-refractivity contribution is -0.139. The summed E-state index contributed by atoms with van der Waals surface area (Å²) in [5.41, 5.74) is 5.32. The van der Waals surface area contributed by atoms with Crippen LogP contribution in [0.4, 0.5) is 0 Å². The van der Waals surface area contributed by atoms with Crippen LogP contribution < -0.4 is 11.1 Å². The zero-order valence-electron chi connectivity index (χ0n) is 17.0. The van der Waals surface area contributed by atoms with Crippen molar-refractivity contribution in [2.45, 2.75) is 77.5 Å². The Labute approximate surface area is 158 Å². The van der Waals surface area contributed by atoms with Gasteiger partial charge >= 0.3 is 0 Å². The summed E-state index contributed by atoms with van der Waals surface area (Å²) in [5.74, 6) is -0.668. The fraction of sp³-hybridized carbons (Fsp3) is 0.737. The molecule has 7 heteroatoms. The first-order chi connectivity index (χ1) is 12.2. The maximum atomic E-state index is 12.3. The van der Waals surface area contributed by atoms with Crippen LogP contribution in [-0.4, -0.2) is 54.5 Å². The average molecular weight is 372 g/mol. The Morgan fingerprint density at radius 1 is 1.38 bits per heavy atom. The van der Waals surface area contributed by atoms with Gasteiger partial charge in [-0.15, -0.1) is 13.2 Å². The van der Waals surface area contributed by atoms with Gasteiger partial charge in [0.1, 0.15) is 12.1 Å². The Kier molecular flexibility index (Phi) is 14.5. The standard InChI is InChI=1S/C12H21N3O3.C5H12O.C2H4/c1-2-3-5-9(14-8-16)12(18)15-7-4-6-10(15)11(13)17;1-5(2,3)6-4;1-2/h8-10H,2-7H2,1H3,(H2,13,17)(H,14,16);1-4H3;1-2H2/t9-,10-;;/m0../s1. The minimum atomic E-state index is -0.539. The fourth-order valence-electron chi connectivity index (χ4n) is 2.29. The summed E-state index contributed by atoms with van der Waals surface area (Å²) in [7, 11) is 1.71. The predicted octanol–water partition coefficient (Wildman–Crippen LogP) is 2.00. The Morgan fingerprint density at radius 2 is 1.92 bits per heavy atom. The second kappa shape index (κ2) is 14.3. The van der Waals surface area contributed by atoms with Crippen molar-refractivity contribution in [2.75, 3.05) is 13.7 Å². The molecule has 1 aliphatic heterocycles. The number of unbranched alkanes of at least 4 members (excludes halogenated alkanes) is 1. The molecule has 1 saturated heterocycles. The van der Waals surface area contributed by atoms with E-state index in [1.165, 1.54) is 4.90 Å². The third kappa shape index (κ3) is 10.9. The van der Waals surface area contributed by atoms with Crippen LogP contribution >= 0.6 is 0 Å². The first kappa shape index (κ1) is 26.3. The monoisotopic (exact) mass is 371 g/mol. The van der Waals surface area contributed by atoms with Gasteiger partial charge < -0.3 is 20.7 Å². The molecule has 0 aliphatic carbocycles. The number of nitrogens with one attached hydrogen (secondary N) is 1. The van der Waals surface area contributed by atoms with Gasteiger partial charge in [-0.2, -0.15) is 0 Å². The van der Waals surface area contributed by atoms with Gasteiger partial charge in [0.25, 0.3) is 0 Å². The lowest BCUT2D eigenvalue weighted by Gasteiger charge is -2.26. The van der Waals surface area contributed by atoms with E-state index in [-0.39, 0.29) is 11.5 Å². The molecule has 26 heavy (non-hydrogen) atoms. The third-order valence-electron chi connectivity index (χ3n) is 3.89. The zero-order chi connectivity index (χ0) is 20.8. The molecule has 0 radical (unpaired) electrons. The quantitative estimate of drug-likeness (QED) is 0.528. The molecule has 1 heterocycles. The van der Waals surface area contributed by atoms with Crippen LogP contribution in [0.15, 0.2) is 13.2 Å². The summed E-state index contributed by atoms with van der Waals surface area (Å²) >= 11 is 0. The molecule has 1 rings (SSSR count). The number of nitrogens with two attached hydrogens (primary N) is 1. The number of rotatable bonds is 7. The average Bonchev–Trinajstić information content (AvgIpc) is 3.09. The Balaban J connectivity index is 0. The van der Waals surface area contributed by atoms with Gasteiger partial charge in [0.05, 0.1) is 5.60 Å². The molecule has 3 N–H and O–H groups in total. The third-order valence-corrected chi connectivity index (χ3v) is 3.89. The van der Waals surface area contributed by atoms with Crippen molar-refractivity contribution in [3.63, 3.8) is 0 Å². The normalized spacial score (nSPS) is 17.1. The molecule has 1 aliphatic rings. The molecule has 0 aromatic carbocycles. The van der Waals surface area contributed by atoms with Crippen molar-refractivity contribution in [3.8, 4) is 0 Å². The number of carbonyl (C=O) groups is 3. The second-order valence-electron chi connectivity index (χ2n) is 6.89. The number of ether oxygens (including phenoxy) is 1. The summed E-state index contributed by atoms with van der Waals surface area (Å²) in [6.07, 6.45) is 4.32. The molecule has 7 nitrogen and oxygen atoms in total. The number of hydrogen-bond acceptors (Lipinski definition) is 4. The fourth-order valence-corrected chi connectivity index (χ4v) is 2.29. The summed E-state index contributed by atoms with van der Waals surface area (Å²) in [5, 5.41) is 2.53. The minimum Gasteiger partial charge on any atom is -0.379 e. The van der Waals surface area contributed by atoms with E-state index in [4.69, 9.17) is 10.5 Å². The lowest BCUT2D eigenvalue weighted by atomic mass is 10.1. The highest BCUT2D eigenvalue weighted by atomic mass is 16.5. The van der Waals surface area contributed by atoms with Gasteiger partial charge in [-0.3, -0.25) is 14.4 Å². The van der Waals surface area contributed by atoms with E-state index in [1.54, 1.807) is 7.11 Å². The molecular weight excluding hydrogens is 334 g/mol. The van der Waals surface area contributed by atoms with Crippen LogP contribution in [0.1, 0.15) is 59.8 Å². The van der Waals surface area contributed by atoms with Crippen LogP contribution in [0.3, 0.4) is 0 Å². The summed E-state index contributed by atoms with van der Waals surface area (Å²) in [6.45, 7) is 14.6. The van der Waals surface area contributed by atoms with E-state index in [9.17, 15) is 14.4 Å². The minimum absolute atomic E-state index is 0.0417. The lowest BCUT2D eigenvalue weighted by Crippen LogP contribution is -2.51. The number of carbonyl (C=O) groups excluding carboxylic acids is 3. The Bertz CT molecular complexity index is 421. The van der Waals surface area contributed by atoms with Crippen LogP contribution in [-0.2, 0) is 19.1 Å². The molecule has 0 spiro atoms.